The number of anilines is 1. The predicted molar refractivity (Wildman–Crippen MR) is 89.5 cm³/mol. The van der Waals surface area contributed by atoms with E-state index in [4.69, 9.17) is 0 Å². The first-order valence-corrected chi connectivity index (χ1v) is 8.30. The number of hydrogen-bond donors (Lipinski definition) is 2. The van der Waals surface area contributed by atoms with E-state index >= 15 is 0 Å². The van der Waals surface area contributed by atoms with Gasteiger partial charge in [0.05, 0.1) is 5.69 Å². The molecule has 2 N–H and O–H groups in total. The molecule has 1 aromatic carbocycles. The molecule has 7 nitrogen and oxygen atoms in total. The van der Waals surface area contributed by atoms with Crippen molar-refractivity contribution >= 4 is 34.3 Å². The lowest BCUT2D eigenvalue weighted by molar-refractivity contribution is -0.133. The van der Waals surface area contributed by atoms with E-state index < -0.39 is 35.7 Å². The Morgan fingerprint density at radius 2 is 2.04 bits per heavy atom. The van der Waals surface area contributed by atoms with Crippen LogP contribution < -0.4 is 10.6 Å². The van der Waals surface area contributed by atoms with Crippen molar-refractivity contribution in [3.8, 4) is 0 Å². The van der Waals surface area contributed by atoms with E-state index in [1.54, 1.807) is 12.3 Å². The molecule has 2 aromatic rings. The molecule has 9 heteroatoms. The maximum absolute atomic E-state index is 13.1. The molecule has 4 amide bonds. The molecular weight excluding hydrogens is 347 g/mol. The maximum Gasteiger partial charge on any atom is 0.325 e. The first-order valence-electron chi connectivity index (χ1n) is 7.42. The molecule has 2 heterocycles. The van der Waals surface area contributed by atoms with Crippen LogP contribution in [0.4, 0.5) is 14.3 Å². The maximum atomic E-state index is 13.1. The molecule has 130 valence electrons. The van der Waals surface area contributed by atoms with Crippen molar-refractivity contribution in [3.63, 3.8) is 0 Å². The fraction of sp³-hybridized carbons (Fsp3) is 0.250. The summed E-state index contributed by atoms with van der Waals surface area (Å²) in [6.07, 6.45) is 0. The minimum atomic E-state index is -1.34. The molecule has 0 spiro atoms. The van der Waals surface area contributed by atoms with Gasteiger partial charge in [-0.3, -0.25) is 14.5 Å². The molecule has 0 bridgehead atoms. The number of benzene rings is 1. The van der Waals surface area contributed by atoms with Crippen LogP contribution in [0.25, 0.3) is 0 Å². The van der Waals surface area contributed by atoms with Crippen molar-refractivity contribution < 1.29 is 18.8 Å². The summed E-state index contributed by atoms with van der Waals surface area (Å²) >= 11 is 1.25. The summed E-state index contributed by atoms with van der Waals surface area (Å²) in [5, 5.41) is 7.28. The van der Waals surface area contributed by atoms with E-state index in [1.165, 1.54) is 42.5 Å². The van der Waals surface area contributed by atoms with Gasteiger partial charge in [-0.15, -0.1) is 11.3 Å². The van der Waals surface area contributed by atoms with Crippen molar-refractivity contribution in [2.75, 3.05) is 11.9 Å². The molecule has 3 rings (SSSR count). The van der Waals surface area contributed by atoms with Gasteiger partial charge in [0.1, 0.15) is 17.9 Å². The van der Waals surface area contributed by atoms with E-state index in [-0.39, 0.29) is 0 Å². The van der Waals surface area contributed by atoms with Crippen LogP contribution in [0, 0.1) is 12.7 Å². The Morgan fingerprint density at radius 3 is 2.64 bits per heavy atom. The number of nitrogens with zero attached hydrogens (tertiary/aromatic N) is 2. The van der Waals surface area contributed by atoms with Crippen molar-refractivity contribution in [1.82, 2.24) is 15.2 Å². The largest absolute Gasteiger partial charge is 0.325 e. The third kappa shape index (κ3) is 3.22. The number of rotatable bonds is 4. The Morgan fingerprint density at radius 1 is 1.36 bits per heavy atom. The number of nitrogens with one attached hydrogen (secondary N) is 2. The number of aromatic nitrogens is 1. The summed E-state index contributed by atoms with van der Waals surface area (Å²) < 4.78 is 13.1. The minimum absolute atomic E-state index is 0.399. The molecular formula is C16H15FN4O3S. The van der Waals surface area contributed by atoms with Gasteiger partial charge in [-0.05, 0) is 31.5 Å². The van der Waals surface area contributed by atoms with E-state index in [1.807, 2.05) is 0 Å². The van der Waals surface area contributed by atoms with E-state index in [0.717, 1.165) is 10.6 Å². The lowest BCUT2D eigenvalue weighted by Gasteiger charge is -2.22. The highest BCUT2D eigenvalue weighted by Gasteiger charge is 2.49. The molecule has 0 aliphatic carbocycles. The highest BCUT2D eigenvalue weighted by molar-refractivity contribution is 7.13. The van der Waals surface area contributed by atoms with Gasteiger partial charge in [-0.2, -0.15) is 0 Å². The quantitative estimate of drug-likeness (QED) is 0.814. The van der Waals surface area contributed by atoms with Crippen molar-refractivity contribution in [3.05, 3.63) is 46.7 Å². The Hall–Kier alpha value is -2.81. The second-order valence-corrected chi connectivity index (χ2v) is 6.65. The fourth-order valence-corrected chi connectivity index (χ4v) is 3.24. The summed E-state index contributed by atoms with van der Waals surface area (Å²) in [5.74, 6) is -1.55. The Balaban J connectivity index is 1.74. The average Bonchev–Trinajstić information content (AvgIpc) is 3.05. The fourth-order valence-electron chi connectivity index (χ4n) is 2.53. The van der Waals surface area contributed by atoms with Gasteiger partial charge in [-0.1, -0.05) is 12.1 Å². The zero-order valence-electron chi connectivity index (χ0n) is 13.5. The Labute approximate surface area is 146 Å². The van der Waals surface area contributed by atoms with Crippen LogP contribution in [0.15, 0.2) is 29.6 Å². The summed E-state index contributed by atoms with van der Waals surface area (Å²) in [4.78, 5) is 41.9. The highest BCUT2D eigenvalue weighted by Crippen LogP contribution is 2.28. The molecule has 0 radical (unpaired) electrons. The Bertz CT molecular complexity index is 851. The molecule has 1 aromatic heterocycles. The molecule has 1 fully saturated rings. The lowest BCUT2D eigenvalue weighted by Crippen LogP contribution is -2.42. The van der Waals surface area contributed by atoms with Gasteiger partial charge in [0.25, 0.3) is 5.91 Å². The van der Waals surface area contributed by atoms with Crippen LogP contribution in [0.1, 0.15) is 18.2 Å². The highest BCUT2D eigenvalue weighted by atomic mass is 32.1. The molecule has 1 aliphatic rings. The topological polar surface area (TPSA) is 91.4 Å². The van der Waals surface area contributed by atoms with Crippen LogP contribution in [0.3, 0.4) is 0 Å². The SMILES string of the molecule is Cc1csc(NC(=O)CN2C(=O)NC(C)(c3ccc(F)cc3)C2=O)n1. The third-order valence-corrected chi connectivity index (χ3v) is 4.74. The van der Waals surface area contributed by atoms with Crippen LogP contribution in [-0.4, -0.2) is 34.3 Å². The summed E-state index contributed by atoms with van der Waals surface area (Å²) in [5.41, 5.74) is -0.145. The van der Waals surface area contributed by atoms with Gasteiger partial charge in [0.15, 0.2) is 5.13 Å². The van der Waals surface area contributed by atoms with Gasteiger partial charge in [0.2, 0.25) is 5.91 Å². The molecule has 1 atom stereocenters. The average molecular weight is 362 g/mol. The van der Waals surface area contributed by atoms with Crippen LogP contribution in [0.2, 0.25) is 0 Å². The number of aryl methyl sites for hydroxylation is 1. The summed E-state index contributed by atoms with van der Waals surface area (Å²) in [6.45, 7) is 2.88. The molecule has 25 heavy (non-hydrogen) atoms. The smallest absolute Gasteiger partial charge is 0.319 e. The molecule has 1 aliphatic heterocycles. The zero-order valence-corrected chi connectivity index (χ0v) is 14.3. The first kappa shape index (κ1) is 17.0. The number of hydrogen-bond acceptors (Lipinski definition) is 5. The van der Waals surface area contributed by atoms with Crippen LogP contribution in [-0.2, 0) is 15.1 Å². The number of carbonyl (C=O) groups is 3. The van der Waals surface area contributed by atoms with Gasteiger partial charge >= 0.3 is 6.03 Å². The summed E-state index contributed by atoms with van der Waals surface area (Å²) in [6, 6.07) is 4.59. The second-order valence-electron chi connectivity index (χ2n) is 5.80. The van der Waals surface area contributed by atoms with Gasteiger partial charge in [-0.25, -0.2) is 14.2 Å². The first-order chi connectivity index (χ1) is 11.8. The summed E-state index contributed by atoms with van der Waals surface area (Å²) in [7, 11) is 0. The monoisotopic (exact) mass is 362 g/mol. The van der Waals surface area contributed by atoms with Crippen LogP contribution in [0.5, 0.6) is 0 Å². The lowest BCUT2D eigenvalue weighted by atomic mass is 9.92. The van der Waals surface area contributed by atoms with Crippen molar-refractivity contribution in [2.24, 2.45) is 0 Å². The minimum Gasteiger partial charge on any atom is -0.319 e. The van der Waals surface area contributed by atoms with E-state index in [0.29, 0.717) is 10.7 Å². The normalized spacial score (nSPS) is 19.9. The Kier molecular flexibility index (Phi) is 4.25. The number of urea groups is 1. The number of thiazole rings is 1. The number of carbonyl (C=O) groups excluding carboxylic acids is 3. The number of halogens is 1. The number of amides is 4. The molecule has 1 unspecified atom stereocenters. The number of imide groups is 1. The molecule has 1 saturated heterocycles. The van der Waals surface area contributed by atoms with Crippen LogP contribution >= 0.6 is 11.3 Å². The second kappa shape index (κ2) is 6.25. The van der Waals surface area contributed by atoms with Gasteiger partial charge < -0.3 is 10.6 Å². The predicted octanol–water partition coefficient (Wildman–Crippen LogP) is 2.00. The zero-order chi connectivity index (χ0) is 18.2. The van der Waals surface area contributed by atoms with E-state index in [2.05, 4.69) is 15.6 Å². The molecule has 0 saturated carbocycles. The standard InChI is InChI=1S/C16H15FN4O3S/c1-9-8-25-14(18-9)19-12(22)7-21-13(23)16(2,20-15(21)24)10-3-5-11(17)6-4-10/h3-6,8H,7H2,1-2H3,(H,20,24)(H,18,19,22). The third-order valence-electron chi connectivity index (χ3n) is 3.86. The van der Waals surface area contributed by atoms with Crippen molar-refractivity contribution in [1.29, 1.82) is 0 Å². The van der Waals surface area contributed by atoms with Gasteiger partial charge in [0, 0.05) is 5.38 Å². The van der Waals surface area contributed by atoms with E-state index in [9.17, 15) is 18.8 Å². The van der Waals surface area contributed by atoms with Crippen molar-refractivity contribution in [2.45, 2.75) is 19.4 Å².